The average molecular weight is 394 g/mol. The zero-order valence-corrected chi connectivity index (χ0v) is 15.9. The van der Waals surface area contributed by atoms with E-state index in [0.29, 0.717) is 6.42 Å². The second-order valence-corrected chi connectivity index (χ2v) is 6.95. The number of carboxylic acid groups (broad SMARTS) is 1. The zero-order chi connectivity index (χ0) is 20.8. The van der Waals surface area contributed by atoms with E-state index in [1.165, 1.54) is 6.20 Å². The van der Waals surface area contributed by atoms with Crippen molar-refractivity contribution in [1.29, 1.82) is 0 Å². The summed E-state index contributed by atoms with van der Waals surface area (Å²) in [5.41, 5.74) is 3.14. The third-order valence-electron chi connectivity index (χ3n) is 4.69. The van der Waals surface area contributed by atoms with E-state index in [2.05, 4.69) is 10.3 Å². The Balaban J connectivity index is 1.74. The summed E-state index contributed by atoms with van der Waals surface area (Å²) in [5.74, 6) is -2.99. The van der Waals surface area contributed by atoms with Crippen molar-refractivity contribution in [3.05, 3.63) is 82.7 Å². The fraction of sp³-hybridized carbons (Fsp3) is 0.227. The Bertz CT molecular complexity index is 1020. The first-order valence-corrected chi connectivity index (χ1v) is 9.29. The van der Waals surface area contributed by atoms with Gasteiger partial charge in [-0.15, -0.1) is 0 Å². The highest BCUT2D eigenvalue weighted by molar-refractivity contribution is 5.91. The Morgan fingerprint density at radius 1 is 1.07 bits per heavy atom. The molecule has 3 rings (SSSR count). The standard InChI is InChI=1S/C22H22N2O5/c1-14(21(26)27)11-18(24-20(25)19-13-23-22(28)29-19)12-15-7-9-17(10-8-15)16-5-3-2-4-6-16/h2-10,13-14,18H,11-12H2,1H3,(H,23,28)(H,24,25)(H,26,27)/t14-,18?/m1/s1. The maximum atomic E-state index is 12.3. The molecule has 3 aromatic rings. The number of carbonyl (C=O) groups excluding carboxylic acids is 1. The number of hydrogen-bond acceptors (Lipinski definition) is 4. The first-order chi connectivity index (χ1) is 13.9. The van der Waals surface area contributed by atoms with E-state index in [1.54, 1.807) is 6.92 Å². The SMILES string of the molecule is C[C@H](CC(Cc1ccc(-c2ccccc2)cc1)NC(=O)c1c[nH]c(=O)o1)C(=O)O. The van der Waals surface area contributed by atoms with Crippen LogP contribution in [-0.2, 0) is 11.2 Å². The van der Waals surface area contributed by atoms with Crippen molar-refractivity contribution in [2.45, 2.75) is 25.8 Å². The van der Waals surface area contributed by atoms with Crippen LogP contribution in [0.3, 0.4) is 0 Å². The molecule has 7 nitrogen and oxygen atoms in total. The lowest BCUT2D eigenvalue weighted by molar-refractivity contribution is -0.141. The first kappa shape index (κ1) is 20.1. The van der Waals surface area contributed by atoms with Gasteiger partial charge in [0.1, 0.15) is 0 Å². The first-order valence-electron chi connectivity index (χ1n) is 9.29. The van der Waals surface area contributed by atoms with Gasteiger partial charge in [-0.05, 0) is 29.5 Å². The van der Waals surface area contributed by atoms with Crippen LogP contribution in [0.1, 0.15) is 29.5 Å². The van der Waals surface area contributed by atoms with Crippen molar-refractivity contribution in [2.75, 3.05) is 0 Å². The Kier molecular flexibility index (Phi) is 6.29. The molecule has 29 heavy (non-hydrogen) atoms. The summed E-state index contributed by atoms with van der Waals surface area (Å²) >= 11 is 0. The van der Waals surface area contributed by atoms with Crippen LogP contribution in [0.25, 0.3) is 11.1 Å². The summed E-state index contributed by atoms with van der Waals surface area (Å²) in [6.45, 7) is 1.59. The van der Waals surface area contributed by atoms with E-state index < -0.39 is 29.6 Å². The molecule has 0 fully saturated rings. The molecule has 0 aliphatic heterocycles. The Morgan fingerprint density at radius 2 is 1.72 bits per heavy atom. The number of carbonyl (C=O) groups is 2. The van der Waals surface area contributed by atoms with E-state index in [1.807, 2.05) is 54.6 Å². The fourth-order valence-electron chi connectivity index (χ4n) is 3.12. The van der Waals surface area contributed by atoms with Gasteiger partial charge >= 0.3 is 11.7 Å². The number of amides is 1. The molecule has 150 valence electrons. The van der Waals surface area contributed by atoms with Crippen LogP contribution in [0.4, 0.5) is 0 Å². The molecule has 0 spiro atoms. The minimum absolute atomic E-state index is 0.137. The number of aliphatic carboxylic acids is 1. The lowest BCUT2D eigenvalue weighted by atomic mass is 9.95. The van der Waals surface area contributed by atoms with Crippen LogP contribution in [-0.4, -0.2) is 28.0 Å². The summed E-state index contributed by atoms with van der Waals surface area (Å²) in [6.07, 6.45) is 1.88. The highest BCUT2D eigenvalue weighted by Gasteiger charge is 2.22. The Hall–Kier alpha value is -3.61. The molecule has 0 saturated carbocycles. The van der Waals surface area contributed by atoms with Gasteiger partial charge in [-0.3, -0.25) is 14.6 Å². The molecule has 1 unspecified atom stereocenters. The van der Waals surface area contributed by atoms with Crippen molar-refractivity contribution in [3.63, 3.8) is 0 Å². The second-order valence-electron chi connectivity index (χ2n) is 6.95. The van der Waals surface area contributed by atoms with Gasteiger partial charge in [0.2, 0.25) is 5.76 Å². The molecule has 0 bridgehead atoms. The van der Waals surface area contributed by atoms with Crippen molar-refractivity contribution in [3.8, 4) is 11.1 Å². The molecule has 0 saturated heterocycles. The van der Waals surface area contributed by atoms with Crippen molar-refractivity contribution < 1.29 is 19.1 Å². The molecule has 1 aromatic heterocycles. The van der Waals surface area contributed by atoms with E-state index in [0.717, 1.165) is 16.7 Å². The largest absolute Gasteiger partial charge is 0.481 e. The summed E-state index contributed by atoms with van der Waals surface area (Å²) < 4.78 is 4.77. The molecule has 2 aromatic carbocycles. The quantitative estimate of drug-likeness (QED) is 0.543. The van der Waals surface area contributed by atoms with Gasteiger partial charge in [0, 0.05) is 6.04 Å². The predicted octanol–water partition coefficient (Wildman–Crippen LogP) is 3.09. The number of H-pyrrole nitrogens is 1. The molecule has 1 amide bonds. The number of rotatable bonds is 8. The van der Waals surface area contributed by atoms with Crippen LogP contribution in [0, 0.1) is 5.92 Å². The summed E-state index contributed by atoms with van der Waals surface area (Å²) in [6, 6.07) is 17.4. The minimum Gasteiger partial charge on any atom is -0.481 e. The topological polar surface area (TPSA) is 112 Å². The number of nitrogens with one attached hydrogen (secondary N) is 2. The van der Waals surface area contributed by atoms with Crippen LogP contribution in [0.15, 0.2) is 70.0 Å². The summed E-state index contributed by atoms with van der Waals surface area (Å²) in [4.78, 5) is 37.0. The van der Waals surface area contributed by atoms with Gasteiger partial charge in [0.05, 0.1) is 12.1 Å². The fourth-order valence-corrected chi connectivity index (χ4v) is 3.12. The zero-order valence-electron chi connectivity index (χ0n) is 15.9. The van der Waals surface area contributed by atoms with E-state index in [4.69, 9.17) is 4.42 Å². The number of hydrogen-bond donors (Lipinski definition) is 3. The molecule has 0 radical (unpaired) electrons. The molecule has 0 aliphatic carbocycles. The molecule has 7 heteroatoms. The van der Waals surface area contributed by atoms with Crippen molar-refractivity contribution >= 4 is 11.9 Å². The lowest BCUT2D eigenvalue weighted by Crippen LogP contribution is -2.38. The highest BCUT2D eigenvalue weighted by atomic mass is 16.4. The van der Waals surface area contributed by atoms with Crippen LogP contribution < -0.4 is 11.1 Å². The number of aromatic amines is 1. The van der Waals surface area contributed by atoms with E-state index in [-0.39, 0.29) is 12.2 Å². The highest BCUT2D eigenvalue weighted by Crippen LogP contribution is 2.20. The second kappa shape index (κ2) is 9.05. The van der Waals surface area contributed by atoms with Crippen molar-refractivity contribution in [2.24, 2.45) is 5.92 Å². The Morgan fingerprint density at radius 3 is 2.31 bits per heavy atom. The molecular weight excluding hydrogens is 372 g/mol. The van der Waals surface area contributed by atoms with Crippen molar-refractivity contribution in [1.82, 2.24) is 10.3 Å². The third kappa shape index (κ3) is 5.44. The van der Waals surface area contributed by atoms with Gasteiger partial charge in [0.25, 0.3) is 5.91 Å². The Labute approximate surface area is 167 Å². The smallest absolute Gasteiger partial charge is 0.416 e. The van der Waals surface area contributed by atoms with E-state index in [9.17, 15) is 19.5 Å². The lowest BCUT2D eigenvalue weighted by Gasteiger charge is -2.20. The minimum atomic E-state index is -0.933. The van der Waals surface area contributed by atoms with Crippen LogP contribution in [0.5, 0.6) is 0 Å². The van der Waals surface area contributed by atoms with Gasteiger partial charge in [-0.25, -0.2) is 4.79 Å². The maximum Gasteiger partial charge on any atom is 0.416 e. The maximum absolute atomic E-state index is 12.3. The number of aromatic nitrogens is 1. The normalized spacial score (nSPS) is 12.9. The van der Waals surface area contributed by atoms with E-state index >= 15 is 0 Å². The third-order valence-corrected chi connectivity index (χ3v) is 4.69. The van der Waals surface area contributed by atoms with Gasteiger partial charge in [-0.2, -0.15) is 0 Å². The van der Waals surface area contributed by atoms with Gasteiger partial charge in [-0.1, -0.05) is 61.5 Å². The summed E-state index contributed by atoms with van der Waals surface area (Å²) in [7, 11) is 0. The van der Waals surface area contributed by atoms with Crippen LogP contribution >= 0.6 is 0 Å². The van der Waals surface area contributed by atoms with Crippen LogP contribution in [0.2, 0.25) is 0 Å². The van der Waals surface area contributed by atoms with Gasteiger partial charge < -0.3 is 14.8 Å². The molecule has 3 N–H and O–H groups in total. The predicted molar refractivity (Wildman–Crippen MR) is 108 cm³/mol. The molecule has 2 atom stereocenters. The number of carboxylic acids is 1. The number of oxazole rings is 1. The molecular formula is C22H22N2O5. The number of benzene rings is 2. The van der Waals surface area contributed by atoms with Gasteiger partial charge in [0.15, 0.2) is 0 Å². The average Bonchev–Trinajstić information content (AvgIpc) is 3.15. The summed E-state index contributed by atoms with van der Waals surface area (Å²) in [5, 5.41) is 12.0. The molecule has 1 heterocycles. The monoisotopic (exact) mass is 394 g/mol. The molecule has 0 aliphatic rings.